The third kappa shape index (κ3) is 8.35. The van der Waals surface area contributed by atoms with E-state index in [0.29, 0.717) is 0 Å². The zero-order valence-electron chi connectivity index (χ0n) is 22.1. The molecule has 0 fully saturated rings. The van der Waals surface area contributed by atoms with Gasteiger partial charge in [0.05, 0.1) is 21.2 Å². The second kappa shape index (κ2) is 12.7. The van der Waals surface area contributed by atoms with Crippen LogP contribution in [0.5, 0.6) is 0 Å². The molecule has 0 spiro atoms. The largest absolute Gasteiger partial charge is 0.389 e. The molecular formula is C26H32F4N4O5S2. The van der Waals surface area contributed by atoms with E-state index in [-0.39, 0.29) is 47.9 Å². The zero-order valence-corrected chi connectivity index (χ0v) is 23.7. The lowest BCUT2D eigenvalue weighted by Gasteiger charge is -2.14. The van der Waals surface area contributed by atoms with Crippen molar-refractivity contribution in [2.75, 3.05) is 0 Å². The highest BCUT2D eigenvalue weighted by atomic mass is 32.2. The van der Waals surface area contributed by atoms with Gasteiger partial charge in [-0.15, -0.1) is 0 Å². The van der Waals surface area contributed by atoms with E-state index in [1.54, 1.807) is 27.7 Å². The molecule has 226 valence electrons. The van der Waals surface area contributed by atoms with E-state index in [0.717, 1.165) is 24.3 Å². The summed E-state index contributed by atoms with van der Waals surface area (Å²) in [7, 11) is -6.77. The number of halogens is 4. The van der Waals surface area contributed by atoms with E-state index < -0.39 is 65.4 Å². The first-order valence-electron chi connectivity index (χ1n) is 11.8. The van der Waals surface area contributed by atoms with E-state index in [1.165, 1.54) is 12.1 Å². The van der Waals surface area contributed by atoms with Crippen molar-refractivity contribution in [1.82, 2.24) is 0 Å². The quantitative estimate of drug-likeness (QED) is 0.311. The van der Waals surface area contributed by atoms with Crippen LogP contribution in [0.3, 0.4) is 0 Å². The fraction of sp³-hybridized carbons (Fsp3) is 0.423. The van der Waals surface area contributed by atoms with E-state index in [9.17, 15) is 30.8 Å². The maximum absolute atomic E-state index is 13.7. The minimum atomic E-state index is -3.38. The molecular weight excluding hydrogens is 588 g/mol. The Morgan fingerprint density at radius 1 is 0.829 bits per heavy atom. The van der Waals surface area contributed by atoms with Gasteiger partial charge in [-0.05, 0) is 52.0 Å². The first-order chi connectivity index (χ1) is 18.5. The van der Waals surface area contributed by atoms with Gasteiger partial charge in [0.2, 0.25) is 6.41 Å². The summed E-state index contributed by atoms with van der Waals surface area (Å²) >= 11 is 0. The molecule has 0 aromatic heterocycles. The standard InChI is InChI=1S/C13H14F2N2O3S.C12H14F2N2O2S.CH4/c1-13(2)6-12(17-20-13)21(19,16-8-18)7-9-10(14)4-3-5-11(9)15;1-12(2)6-11(16-18-12)19(15,17)7-8-9(13)4-3-5-10(8)14;/h3-5,8H,6-7H2,1-2H3;3-5,15H,6-7H2,1-2H3;1H4. The number of hydrogen-bond acceptors (Lipinski definition) is 8. The molecule has 0 saturated carbocycles. The summed E-state index contributed by atoms with van der Waals surface area (Å²) in [6, 6.07) is 6.67. The Hall–Kier alpha value is -3.33. The lowest BCUT2D eigenvalue weighted by Crippen LogP contribution is -2.24. The van der Waals surface area contributed by atoms with Gasteiger partial charge in [-0.1, -0.05) is 29.9 Å². The summed E-state index contributed by atoms with van der Waals surface area (Å²) in [5.41, 5.74) is -2.06. The average Bonchev–Trinajstić information content (AvgIpc) is 3.41. The fourth-order valence-electron chi connectivity index (χ4n) is 3.63. The first-order valence-corrected chi connectivity index (χ1v) is 15.2. The molecule has 9 nitrogen and oxygen atoms in total. The van der Waals surface area contributed by atoms with Gasteiger partial charge in [0.1, 0.15) is 44.2 Å². The van der Waals surface area contributed by atoms with Crippen molar-refractivity contribution in [1.29, 1.82) is 4.78 Å². The van der Waals surface area contributed by atoms with Crippen molar-refractivity contribution in [3.8, 4) is 0 Å². The smallest absolute Gasteiger partial charge is 0.241 e. The molecule has 1 N–H and O–H groups in total. The molecule has 2 heterocycles. The normalized spacial score (nSPS) is 19.4. The van der Waals surface area contributed by atoms with Crippen LogP contribution in [0.15, 0.2) is 51.1 Å². The van der Waals surface area contributed by atoms with Gasteiger partial charge in [-0.2, -0.15) is 4.36 Å². The van der Waals surface area contributed by atoms with Crippen LogP contribution < -0.4 is 0 Å². The molecule has 0 saturated heterocycles. The molecule has 1 amide bonds. The Kier molecular flexibility index (Phi) is 10.5. The average molecular weight is 621 g/mol. The number of nitrogens with one attached hydrogen (secondary N) is 1. The first kappa shape index (κ1) is 33.9. The number of carbonyl (C=O) groups excluding carboxylic acids is 1. The number of rotatable bonds is 5. The van der Waals surface area contributed by atoms with E-state index in [2.05, 4.69) is 14.7 Å². The lowest BCUT2D eigenvalue weighted by molar-refractivity contribution is -0.106. The summed E-state index contributed by atoms with van der Waals surface area (Å²) in [4.78, 5) is 20.8. The van der Waals surface area contributed by atoms with Gasteiger partial charge in [0, 0.05) is 24.0 Å². The molecule has 2 aromatic rings. The molecule has 2 aliphatic rings. The van der Waals surface area contributed by atoms with Crippen molar-refractivity contribution in [3.05, 3.63) is 70.8 Å². The number of oxime groups is 2. The highest BCUT2D eigenvalue weighted by molar-refractivity contribution is 8.08. The Bertz CT molecular complexity index is 1560. The second-order valence-electron chi connectivity index (χ2n) is 10.2. The zero-order chi connectivity index (χ0) is 29.9. The minimum Gasteiger partial charge on any atom is -0.389 e. The summed E-state index contributed by atoms with van der Waals surface area (Å²) in [6.07, 6.45) is 0.486. The van der Waals surface area contributed by atoms with Crippen LogP contribution >= 0.6 is 0 Å². The molecule has 4 rings (SSSR count). The summed E-state index contributed by atoms with van der Waals surface area (Å²) in [5, 5.41) is 7.37. The maximum atomic E-state index is 13.7. The number of amides is 1. The minimum absolute atomic E-state index is 0. The monoisotopic (exact) mass is 620 g/mol. The highest BCUT2D eigenvalue weighted by Gasteiger charge is 2.36. The van der Waals surface area contributed by atoms with Crippen molar-refractivity contribution >= 4 is 36.0 Å². The maximum Gasteiger partial charge on any atom is 0.241 e. The molecule has 0 radical (unpaired) electrons. The number of hydrogen-bond donors (Lipinski definition) is 1. The topological polar surface area (TPSA) is 131 Å². The van der Waals surface area contributed by atoms with Crippen LogP contribution in [0, 0.1) is 28.0 Å². The van der Waals surface area contributed by atoms with Crippen LogP contribution in [-0.2, 0) is 45.4 Å². The molecule has 2 aromatic carbocycles. The van der Waals surface area contributed by atoms with Gasteiger partial charge in [-0.3, -0.25) is 4.79 Å². The predicted octanol–water partition coefficient (Wildman–Crippen LogP) is 6.26. The van der Waals surface area contributed by atoms with Crippen LogP contribution in [0.4, 0.5) is 17.6 Å². The molecule has 2 aliphatic heterocycles. The number of nitrogens with zero attached hydrogens (tertiary/aromatic N) is 3. The van der Waals surface area contributed by atoms with E-state index in [1.807, 2.05) is 0 Å². The third-order valence-corrected chi connectivity index (χ3v) is 9.45. The van der Waals surface area contributed by atoms with Gasteiger partial charge in [-0.25, -0.2) is 30.8 Å². The Labute approximate surface area is 237 Å². The number of benzene rings is 2. The third-order valence-electron chi connectivity index (χ3n) is 5.72. The van der Waals surface area contributed by atoms with Crippen molar-refractivity contribution in [2.24, 2.45) is 14.7 Å². The Morgan fingerprint density at radius 3 is 1.59 bits per heavy atom. The molecule has 41 heavy (non-hydrogen) atoms. The summed E-state index contributed by atoms with van der Waals surface area (Å²) < 4.78 is 90.7. The van der Waals surface area contributed by atoms with Crippen LogP contribution in [-0.4, -0.2) is 36.1 Å². The second-order valence-corrected chi connectivity index (χ2v) is 14.6. The SMILES string of the molecule is C.CC1(C)CC(S(=N)(=O)Cc2c(F)cccc2F)=NO1.CC1(C)CC(S(=O)(Cc2c(F)cccc2F)=NC=O)=NO1. The van der Waals surface area contributed by atoms with Crippen LogP contribution in [0.2, 0.25) is 0 Å². The van der Waals surface area contributed by atoms with Gasteiger partial charge in [0.15, 0.2) is 10.1 Å². The van der Waals surface area contributed by atoms with Gasteiger partial charge >= 0.3 is 0 Å². The summed E-state index contributed by atoms with van der Waals surface area (Å²) in [6.45, 7) is 6.91. The van der Waals surface area contributed by atoms with Gasteiger partial charge in [0.25, 0.3) is 0 Å². The predicted molar refractivity (Wildman–Crippen MR) is 149 cm³/mol. The van der Waals surface area contributed by atoms with E-state index >= 15 is 0 Å². The number of carbonyl (C=O) groups is 1. The highest BCUT2D eigenvalue weighted by Crippen LogP contribution is 2.29. The molecule has 15 heteroatoms. The van der Waals surface area contributed by atoms with Gasteiger partial charge < -0.3 is 9.68 Å². The van der Waals surface area contributed by atoms with Crippen LogP contribution in [0.25, 0.3) is 0 Å². The van der Waals surface area contributed by atoms with E-state index in [4.69, 9.17) is 14.5 Å². The van der Waals surface area contributed by atoms with Crippen LogP contribution in [0.1, 0.15) is 59.1 Å². The molecule has 0 bridgehead atoms. The molecule has 2 atom stereocenters. The molecule has 0 aliphatic carbocycles. The Balaban J connectivity index is 0.000000281. The van der Waals surface area contributed by atoms with Crippen molar-refractivity contribution in [3.63, 3.8) is 0 Å². The molecule has 2 unspecified atom stereocenters. The fourth-order valence-corrected chi connectivity index (χ4v) is 7.11. The Morgan fingerprint density at radius 2 is 1.22 bits per heavy atom. The van der Waals surface area contributed by atoms with Crippen molar-refractivity contribution < 1.29 is 40.4 Å². The van der Waals surface area contributed by atoms with Crippen molar-refractivity contribution in [2.45, 2.75) is 70.7 Å². The lowest BCUT2D eigenvalue weighted by atomic mass is 10.1. The summed E-state index contributed by atoms with van der Waals surface area (Å²) in [5.74, 6) is -4.41.